The van der Waals surface area contributed by atoms with Crippen LogP contribution < -0.4 is 5.73 Å². The predicted octanol–water partition coefficient (Wildman–Crippen LogP) is 1.45. The van der Waals surface area contributed by atoms with Gasteiger partial charge in [-0.15, -0.1) is 0 Å². The Balaban J connectivity index is 2.04. The number of ether oxygens (including phenoxy) is 2. The van der Waals surface area contributed by atoms with Crippen LogP contribution in [0, 0.1) is 5.92 Å². The minimum absolute atomic E-state index is 0.0575. The molecule has 2 fully saturated rings. The normalized spacial score (nSPS) is 31.2. The molecule has 0 aromatic heterocycles. The fourth-order valence-corrected chi connectivity index (χ4v) is 3.48. The number of nitrogens with two attached hydrogens (primary N) is 1. The van der Waals surface area contributed by atoms with Crippen molar-refractivity contribution in [1.82, 2.24) is 0 Å². The van der Waals surface area contributed by atoms with E-state index < -0.39 is 5.60 Å². The highest BCUT2D eigenvalue weighted by atomic mass is 16.5. The molecule has 3 N–H and O–H groups in total. The fraction of sp³-hybridized carbons (Fsp3) is 1.00. The standard InChI is InChI=1S/C14H27NO3/c1-2-4-14(16,11-15)12-3-7-18-13(10-12)5-8-17-9-6-13/h12,16H,2-11,15H2,1H3. The Kier molecular flexibility index (Phi) is 4.64. The van der Waals surface area contributed by atoms with Gasteiger partial charge in [0.25, 0.3) is 0 Å². The SMILES string of the molecule is CCCC(O)(CN)C1CCOC2(CCOCC2)C1. The Morgan fingerprint density at radius 2 is 2.06 bits per heavy atom. The molecule has 2 heterocycles. The lowest BCUT2D eigenvalue weighted by molar-refractivity contribution is -0.174. The van der Waals surface area contributed by atoms with E-state index in [1.807, 2.05) is 0 Å². The van der Waals surface area contributed by atoms with Crippen molar-refractivity contribution in [3.8, 4) is 0 Å². The van der Waals surface area contributed by atoms with E-state index in [4.69, 9.17) is 15.2 Å². The number of rotatable bonds is 4. The van der Waals surface area contributed by atoms with E-state index in [0.717, 1.165) is 58.3 Å². The molecule has 0 aromatic rings. The maximum atomic E-state index is 10.7. The van der Waals surface area contributed by atoms with Gasteiger partial charge < -0.3 is 20.3 Å². The van der Waals surface area contributed by atoms with Crippen molar-refractivity contribution in [3.05, 3.63) is 0 Å². The van der Waals surface area contributed by atoms with Crippen LogP contribution in [0.2, 0.25) is 0 Å². The second kappa shape index (κ2) is 5.87. The largest absolute Gasteiger partial charge is 0.388 e. The predicted molar refractivity (Wildman–Crippen MR) is 70.4 cm³/mol. The van der Waals surface area contributed by atoms with Crippen molar-refractivity contribution >= 4 is 0 Å². The van der Waals surface area contributed by atoms with Crippen LogP contribution >= 0.6 is 0 Å². The average molecular weight is 257 g/mol. The van der Waals surface area contributed by atoms with E-state index in [-0.39, 0.29) is 11.5 Å². The van der Waals surface area contributed by atoms with Crippen LogP contribution in [0.15, 0.2) is 0 Å². The number of hydrogen-bond donors (Lipinski definition) is 2. The fourth-order valence-electron chi connectivity index (χ4n) is 3.48. The molecule has 0 saturated carbocycles. The van der Waals surface area contributed by atoms with E-state index in [1.54, 1.807) is 0 Å². The molecule has 0 aromatic carbocycles. The Bertz CT molecular complexity index is 260. The molecule has 0 amide bonds. The summed E-state index contributed by atoms with van der Waals surface area (Å²) in [5.74, 6) is 0.272. The summed E-state index contributed by atoms with van der Waals surface area (Å²) in [4.78, 5) is 0. The summed E-state index contributed by atoms with van der Waals surface area (Å²) in [6, 6.07) is 0. The van der Waals surface area contributed by atoms with Gasteiger partial charge >= 0.3 is 0 Å². The quantitative estimate of drug-likeness (QED) is 0.800. The lowest BCUT2D eigenvalue weighted by Gasteiger charge is -2.48. The van der Waals surface area contributed by atoms with E-state index in [1.165, 1.54) is 0 Å². The molecule has 106 valence electrons. The monoisotopic (exact) mass is 257 g/mol. The van der Waals surface area contributed by atoms with Gasteiger partial charge in [-0.2, -0.15) is 0 Å². The molecule has 1 spiro atoms. The molecular formula is C14H27NO3. The van der Waals surface area contributed by atoms with Crippen molar-refractivity contribution in [3.63, 3.8) is 0 Å². The van der Waals surface area contributed by atoms with Crippen LogP contribution in [0.1, 0.15) is 45.4 Å². The summed E-state index contributed by atoms with van der Waals surface area (Å²) in [7, 11) is 0. The highest BCUT2D eigenvalue weighted by Gasteiger charge is 2.45. The first-order valence-electron chi connectivity index (χ1n) is 7.28. The summed E-state index contributed by atoms with van der Waals surface area (Å²) in [5.41, 5.74) is 5.06. The number of hydrogen-bond acceptors (Lipinski definition) is 4. The van der Waals surface area contributed by atoms with Gasteiger partial charge in [0.15, 0.2) is 0 Å². The molecular weight excluding hydrogens is 230 g/mol. The first-order chi connectivity index (χ1) is 8.64. The zero-order valence-electron chi connectivity index (χ0n) is 11.5. The zero-order valence-corrected chi connectivity index (χ0v) is 11.5. The Labute approximate surface area is 110 Å². The van der Waals surface area contributed by atoms with Crippen molar-refractivity contribution in [2.45, 2.75) is 56.7 Å². The van der Waals surface area contributed by atoms with Gasteiger partial charge in [-0.25, -0.2) is 0 Å². The van der Waals surface area contributed by atoms with E-state index in [2.05, 4.69) is 6.92 Å². The van der Waals surface area contributed by atoms with E-state index in [0.29, 0.717) is 6.54 Å². The zero-order chi connectivity index (χ0) is 13.1. The topological polar surface area (TPSA) is 64.7 Å². The van der Waals surface area contributed by atoms with E-state index in [9.17, 15) is 5.11 Å². The molecule has 0 aliphatic carbocycles. The third kappa shape index (κ3) is 2.87. The highest BCUT2D eigenvalue weighted by Crippen LogP contribution is 2.42. The van der Waals surface area contributed by atoms with Gasteiger partial charge in [-0.3, -0.25) is 0 Å². The van der Waals surface area contributed by atoms with Crippen LogP contribution in [-0.2, 0) is 9.47 Å². The molecule has 4 nitrogen and oxygen atoms in total. The van der Waals surface area contributed by atoms with Gasteiger partial charge in [0.2, 0.25) is 0 Å². The molecule has 2 unspecified atom stereocenters. The van der Waals surface area contributed by atoms with Crippen molar-refractivity contribution in [1.29, 1.82) is 0 Å². The maximum Gasteiger partial charge on any atom is 0.0799 e. The summed E-state index contributed by atoms with van der Waals surface area (Å²) in [6.07, 6.45) is 5.54. The second-order valence-electron chi connectivity index (χ2n) is 5.89. The minimum Gasteiger partial charge on any atom is -0.388 e. The summed E-state index contributed by atoms with van der Waals surface area (Å²) < 4.78 is 11.4. The van der Waals surface area contributed by atoms with Gasteiger partial charge in [-0.1, -0.05) is 13.3 Å². The molecule has 18 heavy (non-hydrogen) atoms. The Hall–Kier alpha value is -0.160. The Morgan fingerprint density at radius 3 is 2.67 bits per heavy atom. The van der Waals surface area contributed by atoms with Gasteiger partial charge in [0.05, 0.1) is 11.2 Å². The maximum absolute atomic E-state index is 10.7. The molecule has 0 radical (unpaired) electrons. The first-order valence-corrected chi connectivity index (χ1v) is 7.28. The van der Waals surface area contributed by atoms with Crippen molar-refractivity contribution in [2.24, 2.45) is 11.7 Å². The molecule has 2 aliphatic rings. The lowest BCUT2D eigenvalue weighted by Crippen LogP contribution is -2.53. The van der Waals surface area contributed by atoms with Crippen LogP contribution in [0.3, 0.4) is 0 Å². The van der Waals surface area contributed by atoms with Crippen LogP contribution in [0.25, 0.3) is 0 Å². The number of aliphatic hydroxyl groups is 1. The lowest BCUT2D eigenvalue weighted by atomic mass is 9.71. The van der Waals surface area contributed by atoms with Crippen molar-refractivity contribution in [2.75, 3.05) is 26.4 Å². The summed E-state index contributed by atoms with van der Waals surface area (Å²) >= 11 is 0. The average Bonchev–Trinajstić information content (AvgIpc) is 2.40. The van der Waals surface area contributed by atoms with E-state index >= 15 is 0 Å². The summed E-state index contributed by atoms with van der Waals surface area (Å²) in [5, 5.41) is 10.7. The van der Waals surface area contributed by atoms with Gasteiger partial charge in [0, 0.05) is 26.4 Å². The molecule has 2 atom stereocenters. The molecule has 4 heteroatoms. The smallest absolute Gasteiger partial charge is 0.0799 e. The molecule has 0 bridgehead atoms. The van der Waals surface area contributed by atoms with Gasteiger partial charge in [0.1, 0.15) is 0 Å². The van der Waals surface area contributed by atoms with Gasteiger partial charge in [-0.05, 0) is 38.0 Å². The third-order valence-corrected chi connectivity index (χ3v) is 4.69. The Morgan fingerprint density at radius 1 is 1.33 bits per heavy atom. The summed E-state index contributed by atoms with van der Waals surface area (Å²) in [6.45, 7) is 4.77. The second-order valence-corrected chi connectivity index (χ2v) is 5.89. The molecule has 2 rings (SSSR count). The van der Waals surface area contributed by atoms with Crippen LogP contribution in [-0.4, -0.2) is 42.7 Å². The van der Waals surface area contributed by atoms with Crippen LogP contribution in [0.4, 0.5) is 0 Å². The van der Waals surface area contributed by atoms with Crippen LogP contribution in [0.5, 0.6) is 0 Å². The highest BCUT2D eigenvalue weighted by molar-refractivity contribution is 4.97. The minimum atomic E-state index is -0.705. The molecule has 2 aliphatic heterocycles. The first kappa shape index (κ1) is 14.3. The third-order valence-electron chi connectivity index (χ3n) is 4.69. The van der Waals surface area contributed by atoms with Crippen molar-refractivity contribution < 1.29 is 14.6 Å². The molecule has 2 saturated heterocycles.